The molecule has 1 aliphatic rings. The Labute approximate surface area is 132 Å². The number of thioether (sulfide) groups is 1. The summed E-state index contributed by atoms with van der Waals surface area (Å²) < 4.78 is 1.37. The summed E-state index contributed by atoms with van der Waals surface area (Å²) in [6.45, 7) is 4.10. The molecular formula is C16H17NO2S2. The first-order valence-electron chi connectivity index (χ1n) is 6.89. The summed E-state index contributed by atoms with van der Waals surface area (Å²) in [4.78, 5) is 11.2. The van der Waals surface area contributed by atoms with Crippen LogP contribution >= 0.6 is 23.1 Å². The number of carboxylic acid groups (broad SMARTS) is 1. The molecule has 0 saturated heterocycles. The van der Waals surface area contributed by atoms with Gasteiger partial charge in [-0.2, -0.15) is 0 Å². The molecule has 2 atom stereocenters. The van der Waals surface area contributed by atoms with E-state index in [1.54, 1.807) is 23.5 Å². The molecule has 3 rings (SSSR count). The fourth-order valence-electron chi connectivity index (χ4n) is 2.70. The van der Waals surface area contributed by atoms with Crippen molar-refractivity contribution in [2.75, 3.05) is 5.32 Å². The van der Waals surface area contributed by atoms with Gasteiger partial charge in [-0.25, -0.2) is 4.79 Å². The van der Waals surface area contributed by atoms with Crippen LogP contribution in [0.25, 0.3) is 0 Å². The number of rotatable bonds is 3. The van der Waals surface area contributed by atoms with Gasteiger partial charge in [-0.1, -0.05) is 13.0 Å². The third-order valence-corrected chi connectivity index (χ3v) is 6.15. The zero-order chi connectivity index (χ0) is 15.0. The average Bonchev–Trinajstić information content (AvgIpc) is 2.88. The van der Waals surface area contributed by atoms with Gasteiger partial charge < -0.3 is 10.4 Å². The number of hydrogen-bond acceptors (Lipinski definition) is 4. The molecule has 2 heterocycles. The molecule has 110 valence electrons. The molecule has 0 radical (unpaired) electrons. The van der Waals surface area contributed by atoms with Crippen LogP contribution in [0, 0.1) is 6.92 Å². The Morgan fingerprint density at radius 2 is 2.19 bits per heavy atom. The molecule has 1 aromatic heterocycles. The molecule has 0 fully saturated rings. The van der Waals surface area contributed by atoms with Crippen LogP contribution in [0.4, 0.5) is 5.69 Å². The molecule has 1 unspecified atom stereocenters. The first kappa shape index (κ1) is 14.5. The summed E-state index contributed by atoms with van der Waals surface area (Å²) in [5.41, 5.74) is 3.41. The first-order chi connectivity index (χ1) is 10.1. The summed E-state index contributed by atoms with van der Waals surface area (Å²) in [6.07, 6.45) is 1.05. The summed E-state index contributed by atoms with van der Waals surface area (Å²) in [5, 5.41) is 15.5. The van der Waals surface area contributed by atoms with Crippen molar-refractivity contribution in [2.45, 2.75) is 35.8 Å². The third-order valence-electron chi connectivity index (χ3n) is 3.80. The Morgan fingerprint density at radius 3 is 2.95 bits per heavy atom. The van der Waals surface area contributed by atoms with E-state index in [9.17, 15) is 9.90 Å². The second-order valence-electron chi connectivity index (χ2n) is 5.31. The van der Waals surface area contributed by atoms with Crippen LogP contribution in [-0.4, -0.2) is 16.3 Å². The molecule has 1 aliphatic heterocycles. The van der Waals surface area contributed by atoms with Crippen LogP contribution in [0.5, 0.6) is 0 Å². The van der Waals surface area contributed by atoms with E-state index in [1.807, 2.05) is 24.8 Å². The maximum Gasteiger partial charge on any atom is 0.336 e. The highest BCUT2D eigenvalue weighted by molar-refractivity contribution is 8.01. The van der Waals surface area contributed by atoms with Crippen LogP contribution in [0.2, 0.25) is 0 Å². The van der Waals surface area contributed by atoms with Gasteiger partial charge in [0.05, 0.1) is 15.8 Å². The molecule has 0 spiro atoms. The molecule has 0 bridgehead atoms. The fraction of sp³-hybridized carbons (Fsp3) is 0.312. The SMILES string of the molecule is Cc1c(NC2C[C@H](C)Sc3sccc32)cccc1C(=O)O. The number of carboxylic acids is 1. The van der Waals surface area contributed by atoms with Gasteiger partial charge in [0, 0.05) is 10.9 Å². The third kappa shape index (κ3) is 2.80. The first-order valence-corrected chi connectivity index (χ1v) is 8.65. The van der Waals surface area contributed by atoms with Gasteiger partial charge in [0.2, 0.25) is 0 Å². The van der Waals surface area contributed by atoms with E-state index < -0.39 is 5.97 Å². The van der Waals surface area contributed by atoms with Crippen molar-refractivity contribution in [1.29, 1.82) is 0 Å². The normalized spacial score (nSPS) is 20.9. The quantitative estimate of drug-likeness (QED) is 0.854. The molecule has 0 aliphatic carbocycles. The largest absolute Gasteiger partial charge is 0.478 e. The minimum Gasteiger partial charge on any atom is -0.478 e. The highest BCUT2D eigenvalue weighted by Crippen LogP contribution is 2.45. The molecule has 0 amide bonds. The number of nitrogens with one attached hydrogen (secondary N) is 1. The van der Waals surface area contributed by atoms with E-state index in [4.69, 9.17) is 0 Å². The maximum absolute atomic E-state index is 11.2. The lowest BCUT2D eigenvalue weighted by atomic mass is 10.0. The lowest BCUT2D eigenvalue weighted by Crippen LogP contribution is -2.19. The summed E-state index contributed by atoms with van der Waals surface area (Å²) in [7, 11) is 0. The molecule has 2 N–H and O–H groups in total. The van der Waals surface area contributed by atoms with Crippen molar-refractivity contribution in [1.82, 2.24) is 0 Å². The lowest BCUT2D eigenvalue weighted by Gasteiger charge is -2.29. The molecular weight excluding hydrogens is 302 g/mol. The summed E-state index contributed by atoms with van der Waals surface area (Å²) in [5.74, 6) is -0.875. The molecule has 1 aromatic carbocycles. The predicted octanol–water partition coefficient (Wildman–Crippen LogP) is 4.79. The Morgan fingerprint density at radius 1 is 1.38 bits per heavy atom. The van der Waals surface area contributed by atoms with Crippen LogP contribution in [0.15, 0.2) is 33.9 Å². The van der Waals surface area contributed by atoms with E-state index in [0.29, 0.717) is 10.8 Å². The van der Waals surface area contributed by atoms with E-state index in [-0.39, 0.29) is 6.04 Å². The summed E-state index contributed by atoms with van der Waals surface area (Å²) >= 11 is 3.71. The monoisotopic (exact) mass is 319 g/mol. The predicted molar refractivity (Wildman–Crippen MR) is 88.8 cm³/mol. The Hall–Kier alpha value is -1.46. The molecule has 21 heavy (non-hydrogen) atoms. The van der Waals surface area contributed by atoms with Crippen molar-refractivity contribution < 1.29 is 9.90 Å². The second kappa shape index (κ2) is 5.73. The smallest absolute Gasteiger partial charge is 0.336 e. The topological polar surface area (TPSA) is 49.3 Å². The van der Waals surface area contributed by atoms with E-state index in [2.05, 4.69) is 23.7 Å². The van der Waals surface area contributed by atoms with Crippen molar-refractivity contribution in [3.63, 3.8) is 0 Å². The number of benzene rings is 1. The maximum atomic E-state index is 11.2. The van der Waals surface area contributed by atoms with Crippen LogP contribution < -0.4 is 5.32 Å². The standard InChI is InChI=1S/C16H17NO2S2/c1-9-8-14(12-6-7-20-16(12)21-9)17-13-5-3-4-11(10(13)2)15(18)19/h3-7,9,14,17H,8H2,1-2H3,(H,18,19)/t9-,14?/m0/s1. The van der Waals surface area contributed by atoms with Crippen molar-refractivity contribution >= 4 is 34.8 Å². The number of fused-ring (bicyclic) bond motifs is 1. The minimum absolute atomic E-state index is 0.255. The van der Waals surface area contributed by atoms with Crippen molar-refractivity contribution in [3.05, 3.63) is 46.3 Å². The van der Waals surface area contributed by atoms with Crippen molar-refractivity contribution in [3.8, 4) is 0 Å². The number of thiophene rings is 1. The van der Waals surface area contributed by atoms with Gasteiger partial charge in [-0.05, 0) is 48.1 Å². The van der Waals surface area contributed by atoms with Crippen LogP contribution in [-0.2, 0) is 0 Å². The summed E-state index contributed by atoms with van der Waals surface area (Å²) in [6, 6.07) is 7.84. The van der Waals surface area contributed by atoms with Gasteiger partial charge in [-0.15, -0.1) is 23.1 Å². The Balaban J connectivity index is 1.92. The minimum atomic E-state index is -0.875. The van der Waals surface area contributed by atoms with Crippen LogP contribution in [0.3, 0.4) is 0 Å². The van der Waals surface area contributed by atoms with Gasteiger partial charge in [0.1, 0.15) is 0 Å². The van der Waals surface area contributed by atoms with Gasteiger partial charge in [0.25, 0.3) is 0 Å². The van der Waals surface area contributed by atoms with E-state index >= 15 is 0 Å². The number of anilines is 1. The second-order valence-corrected chi connectivity index (χ2v) is 7.93. The van der Waals surface area contributed by atoms with Gasteiger partial charge >= 0.3 is 5.97 Å². The molecule has 3 nitrogen and oxygen atoms in total. The van der Waals surface area contributed by atoms with Crippen molar-refractivity contribution in [2.24, 2.45) is 0 Å². The average molecular weight is 319 g/mol. The van der Waals surface area contributed by atoms with E-state index in [0.717, 1.165) is 17.7 Å². The molecule has 0 saturated carbocycles. The van der Waals surface area contributed by atoms with Crippen LogP contribution in [0.1, 0.15) is 40.9 Å². The Bertz CT molecular complexity index is 681. The highest BCUT2D eigenvalue weighted by atomic mass is 32.2. The number of aromatic carboxylic acids is 1. The zero-order valence-corrected chi connectivity index (χ0v) is 13.6. The van der Waals surface area contributed by atoms with Gasteiger partial charge in [0.15, 0.2) is 0 Å². The Kier molecular flexibility index (Phi) is 3.95. The highest BCUT2D eigenvalue weighted by Gasteiger charge is 2.26. The molecule has 5 heteroatoms. The molecule has 2 aromatic rings. The lowest BCUT2D eigenvalue weighted by molar-refractivity contribution is 0.0696. The number of hydrogen-bond donors (Lipinski definition) is 2. The number of carbonyl (C=O) groups is 1. The van der Waals surface area contributed by atoms with Gasteiger partial charge in [-0.3, -0.25) is 0 Å². The van der Waals surface area contributed by atoms with E-state index in [1.165, 1.54) is 9.77 Å². The zero-order valence-electron chi connectivity index (χ0n) is 11.9. The fourth-order valence-corrected chi connectivity index (χ4v) is 5.26.